The zero-order chi connectivity index (χ0) is 19.8. The summed E-state index contributed by atoms with van der Waals surface area (Å²) in [6, 6.07) is 0. The maximum absolute atomic E-state index is 8.96. The molecule has 0 unspecified atom stereocenters. The van der Waals surface area contributed by atoms with Crippen LogP contribution in [0.5, 0.6) is 0 Å². The summed E-state index contributed by atoms with van der Waals surface area (Å²) in [6.07, 6.45) is 15.7. The lowest BCUT2D eigenvalue weighted by Crippen LogP contribution is -2.22. The quantitative estimate of drug-likeness (QED) is 0.353. The Morgan fingerprint density at radius 3 is 1.96 bits per heavy atom. The average molecular weight is 362 g/mol. The van der Waals surface area contributed by atoms with Gasteiger partial charge in [0.25, 0.3) is 0 Å². The lowest BCUT2D eigenvalue weighted by Gasteiger charge is -2.11. The summed E-state index contributed by atoms with van der Waals surface area (Å²) in [7, 11) is 0. The third kappa shape index (κ3) is 16.4. The summed E-state index contributed by atoms with van der Waals surface area (Å²) >= 11 is 0. The molecule has 0 amide bonds. The molecule has 0 rings (SSSR count). The summed E-state index contributed by atoms with van der Waals surface area (Å²) in [6.45, 7) is 15.4. The first-order chi connectivity index (χ1) is 12.3. The Morgan fingerprint density at radius 1 is 0.808 bits per heavy atom. The van der Waals surface area contributed by atoms with E-state index in [0.29, 0.717) is 5.92 Å². The standard InChI is InChI=1S/C24H43NO/c1-20(2)10-7-11-22(5)12-8-14-24(19-25-18-21(3)4)15-9-13-23(6)16-17-26/h10,12,15-16,21,25-26H,7-9,11,13-14,17-19H2,1-6H3/b22-12+,23-16+,24-15+. The number of hydrogen-bond acceptors (Lipinski definition) is 2. The van der Waals surface area contributed by atoms with E-state index in [1.165, 1.54) is 28.7 Å². The molecule has 0 aliphatic rings. The van der Waals surface area contributed by atoms with Gasteiger partial charge in [0.1, 0.15) is 0 Å². The molecule has 0 atom stereocenters. The molecule has 0 fully saturated rings. The minimum absolute atomic E-state index is 0.148. The van der Waals surface area contributed by atoms with Crippen molar-refractivity contribution in [2.24, 2.45) is 5.92 Å². The van der Waals surface area contributed by atoms with E-state index in [4.69, 9.17) is 5.11 Å². The molecule has 0 aromatic rings. The van der Waals surface area contributed by atoms with Gasteiger partial charge in [-0.1, -0.05) is 60.4 Å². The fourth-order valence-electron chi connectivity index (χ4n) is 2.74. The fraction of sp³-hybridized carbons (Fsp3) is 0.667. The van der Waals surface area contributed by atoms with E-state index in [0.717, 1.165) is 45.2 Å². The lowest BCUT2D eigenvalue weighted by atomic mass is 10.0. The van der Waals surface area contributed by atoms with Gasteiger partial charge in [-0.15, -0.1) is 0 Å². The second-order valence-electron chi connectivity index (χ2n) is 8.07. The van der Waals surface area contributed by atoms with Gasteiger partial charge in [0.05, 0.1) is 6.61 Å². The van der Waals surface area contributed by atoms with Gasteiger partial charge < -0.3 is 10.4 Å². The highest BCUT2D eigenvalue weighted by molar-refractivity contribution is 5.10. The van der Waals surface area contributed by atoms with Crippen molar-refractivity contribution in [3.05, 3.63) is 46.6 Å². The largest absolute Gasteiger partial charge is 0.392 e. The summed E-state index contributed by atoms with van der Waals surface area (Å²) in [5.74, 6) is 0.684. The highest BCUT2D eigenvalue weighted by atomic mass is 16.2. The van der Waals surface area contributed by atoms with Crippen LogP contribution in [0.2, 0.25) is 0 Å². The van der Waals surface area contributed by atoms with E-state index in [1.54, 1.807) is 0 Å². The molecule has 0 bridgehead atoms. The number of allylic oxidation sites excluding steroid dienone is 6. The van der Waals surface area contributed by atoms with Crippen molar-refractivity contribution in [1.82, 2.24) is 5.32 Å². The molecule has 0 aromatic carbocycles. The van der Waals surface area contributed by atoms with E-state index in [9.17, 15) is 0 Å². The molecular formula is C24H43NO. The molecule has 0 aromatic heterocycles. The summed E-state index contributed by atoms with van der Waals surface area (Å²) in [5, 5.41) is 12.5. The normalized spacial score (nSPS) is 13.5. The second-order valence-corrected chi connectivity index (χ2v) is 8.07. The first-order valence-corrected chi connectivity index (χ1v) is 10.3. The number of rotatable bonds is 14. The number of aliphatic hydroxyl groups excluding tert-OH is 1. The summed E-state index contributed by atoms with van der Waals surface area (Å²) in [4.78, 5) is 0. The molecule has 0 spiro atoms. The predicted octanol–water partition coefficient (Wildman–Crippen LogP) is 6.35. The number of hydrogen-bond donors (Lipinski definition) is 2. The van der Waals surface area contributed by atoms with Crippen molar-refractivity contribution in [3.63, 3.8) is 0 Å². The van der Waals surface area contributed by atoms with E-state index < -0.39 is 0 Å². The van der Waals surface area contributed by atoms with Crippen LogP contribution in [0.3, 0.4) is 0 Å². The van der Waals surface area contributed by atoms with Crippen LogP contribution < -0.4 is 5.32 Å². The number of aliphatic hydroxyl groups is 1. The Morgan fingerprint density at radius 2 is 1.38 bits per heavy atom. The highest BCUT2D eigenvalue weighted by Gasteiger charge is 2.00. The van der Waals surface area contributed by atoms with Crippen LogP contribution in [0, 0.1) is 5.92 Å². The minimum atomic E-state index is 0.148. The second kappa shape index (κ2) is 16.1. The molecule has 0 heterocycles. The topological polar surface area (TPSA) is 32.3 Å². The van der Waals surface area contributed by atoms with E-state index in [-0.39, 0.29) is 6.61 Å². The zero-order valence-electron chi connectivity index (χ0n) is 18.2. The molecule has 150 valence electrons. The maximum Gasteiger partial charge on any atom is 0.0614 e. The smallest absolute Gasteiger partial charge is 0.0614 e. The molecule has 0 radical (unpaired) electrons. The van der Waals surface area contributed by atoms with E-state index in [1.807, 2.05) is 6.08 Å². The van der Waals surface area contributed by atoms with Crippen molar-refractivity contribution >= 4 is 0 Å². The molecule has 0 aliphatic carbocycles. The van der Waals surface area contributed by atoms with Gasteiger partial charge in [0, 0.05) is 6.54 Å². The zero-order valence-corrected chi connectivity index (χ0v) is 18.2. The van der Waals surface area contributed by atoms with Crippen LogP contribution >= 0.6 is 0 Å². The van der Waals surface area contributed by atoms with E-state index in [2.05, 4.69) is 65.1 Å². The molecule has 2 nitrogen and oxygen atoms in total. The molecule has 26 heavy (non-hydrogen) atoms. The Hall–Kier alpha value is -1.12. The molecular weight excluding hydrogens is 318 g/mol. The SMILES string of the molecule is CC(C)=CCC/C(C)=C/CC/C(=C\CC/C(C)=C/CO)CNCC(C)C. The van der Waals surface area contributed by atoms with Crippen LogP contribution in [0.15, 0.2) is 46.6 Å². The van der Waals surface area contributed by atoms with Gasteiger partial charge in [-0.05, 0) is 78.7 Å². The van der Waals surface area contributed by atoms with Gasteiger partial charge in [-0.25, -0.2) is 0 Å². The third-order valence-corrected chi connectivity index (χ3v) is 4.37. The predicted molar refractivity (Wildman–Crippen MR) is 118 cm³/mol. The fourth-order valence-corrected chi connectivity index (χ4v) is 2.74. The summed E-state index contributed by atoms with van der Waals surface area (Å²) < 4.78 is 0. The first kappa shape index (κ1) is 24.9. The Bertz CT molecular complexity index is 476. The minimum Gasteiger partial charge on any atom is -0.392 e. The van der Waals surface area contributed by atoms with E-state index >= 15 is 0 Å². The molecule has 0 saturated heterocycles. The van der Waals surface area contributed by atoms with Crippen molar-refractivity contribution in [2.75, 3.05) is 19.7 Å². The summed E-state index contributed by atoms with van der Waals surface area (Å²) in [5.41, 5.74) is 5.69. The molecule has 0 saturated carbocycles. The van der Waals surface area contributed by atoms with Crippen LogP contribution in [-0.4, -0.2) is 24.8 Å². The van der Waals surface area contributed by atoms with Gasteiger partial charge in [0.15, 0.2) is 0 Å². The van der Waals surface area contributed by atoms with Crippen molar-refractivity contribution in [1.29, 1.82) is 0 Å². The molecule has 2 heteroatoms. The number of nitrogens with one attached hydrogen (secondary N) is 1. The van der Waals surface area contributed by atoms with Gasteiger partial charge in [-0.3, -0.25) is 0 Å². The van der Waals surface area contributed by atoms with Crippen LogP contribution in [0.4, 0.5) is 0 Å². The van der Waals surface area contributed by atoms with Crippen LogP contribution in [0.1, 0.15) is 80.1 Å². The molecule has 2 N–H and O–H groups in total. The molecule has 0 aliphatic heterocycles. The van der Waals surface area contributed by atoms with Crippen LogP contribution in [0.25, 0.3) is 0 Å². The third-order valence-electron chi connectivity index (χ3n) is 4.37. The van der Waals surface area contributed by atoms with Crippen molar-refractivity contribution < 1.29 is 5.11 Å². The van der Waals surface area contributed by atoms with Crippen molar-refractivity contribution in [2.45, 2.75) is 80.1 Å². The Kier molecular flexibility index (Phi) is 15.4. The Balaban J connectivity index is 4.49. The van der Waals surface area contributed by atoms with Crippen LogP contribution in [-0.2, 0) is 0 Å². The lowest BCUT2D eigenvalue weighted by molar-refractivity contribution is 0.341. The maximum atomic E-state index is 8.96. The average Bonchev–Trinajstić information content (AvgIpc) is 2.54. The highest BCUT2D eigenvalue weighted by Crippen LogP contribution is 2.14. The monoisotopic (exact) mass is 361 g/mol. The first-order valence-electron chi connectivity index (χ1n) is 10.3. The Labute approximate surface area is 163 Å². The van der Waals surface area contributed by atoms with Gasteiger partial charge in [-0.2, -0.15) is 0 Å². The van der Waals surface area contributed by atoms with Gasteiger partial charge >= 0.3 is 0 Å². The van der Waals surface area contributed by atoms with Crippen molar-refractivity contribution in [3.8, 4) is 0 Å². The van der Waals surface area contributed by atoms with Gasteiger partial charge in [0.2, 0.25) is 0 Å².